The SMILES string of the molecule is CC(C)(C(=O)N1C[C@H](S(=O)(=O)c2ccccc2Cl)C[C@H]1C(=O)O)c1ccc(Cl)cc1. The first-order chi connectivity index (χ1) is 14.0. The zero-order chi connectivity index (χ0) is 22.3. The molecule has 0 aromatic heterocycles. The van der Waals surface area contributed by atoms with Crippen molar-refractivity contribution in [3.63, 3.8) is 0 Å². The lowest BCUT2D eigenvalue weighted by Gasteiger charge is -2.32. The molecular weight excluding hydrogens is 449 g/mol. The van der Waals surface area contributed by atoms with E-state index in [-0.39, 0.29) is 22.9 Å². The minimum absolute atomic E-state index is 0.0629. The molecule has 0 aliphatic carbocycles. The van der Waals surface area contributed by atoms with E-state index in [1.165, 1.54) is 12.1 Å². The minimum Gasteiger partial charge on any atom is -0.480 e. The summed E-state index contributed by atoms with van der Waals surface area (Å²) in [7, 11) is -3.92. The van der Waals surface area contributed by atoms with Crippen molar-refractivity contribution in [1.29, 1.82) is 0 Å². The Kier molecular flexibility index (Phi) is 6.18. The minimum atomic E-state index is -3.92. The molecule has 1 amide bonds. The van der Waals surface area contributed by atoms with Crippen molar-refractivity contribution in [1.82, 2.24) is 4.90 Å². The van der Waals surface area contributed by atoms with Crippen LogP contribution in [0.2, 0.25) is 10.0 Å². The van der Waals surface area contributed by atoms with Gasteiger partial charge in [-0.25, -0.2) is 13.2 Å². The highest BCUT2D eigenvalue weighted by Crippen LogP contribution is 2.35. The molecule has 0 saturated carbocycles. The van der Waals surface area contributed by atoms with Crippen molar-refractivity contribution in [3.8, 4) is 0 Å². The Morgan fingerprint density at radius 1 is 1.07 bits per heavy atom. The van der Waals surface area contributed by atoms with Gasteiger partial charge in [0.25, 0.3) is 0 Å². The fraction of sp³-hybridized carbons (Fsp3) is 0.333. The zero-order valence-corrected chi connectivity index (χ0v) is 18.7. The number of carboxylic acids is 1. The summed E-state index contributed by atoms with van der Waals surface area (Å²) in [6.45, 7) is 3.13. The van der Waals surface area contributed by atoms with Crippen molar-refractivity contribution in [2.75, 3.05) is 6.54 Å². The van der Waals surface area contributed by atoms with Gasteiger partial charge in [-0.3, -0.25) is 4.79 Å². The quantitative estimate of drug-likeness (QED) is 0.718. The van der Waals surface area contributed by atoms with Gasteiger partial charge in [0.1, 0.15) is 6.04 Å². The number of nitrogens with zero attached hydrogens (tertiary/aromatic N) is 1. The van der Waals surface area contributed by atoms with Gasteiger partial charge in [0.15, 0.2) is 9.84 Å². The smallest absolute Gasteiger partial charge is 0.326 e. The van der Waals surface area contributed by atoms with E-state index in [2.05, 4.69) is 0 Å². The van der Waals surface area contributed by atoms with Gasteiger partial charge in [0.05, 0.1) is 20.6 Å². The number of halogens is 2. The van der Waals surface area contributed by atoms with Gasteiger partial charge in [-0.15, -0.1) is 0 Å². The number of likely N-dealkylation sites (tertiary alicyclic amines) is 1. The lowest BCUT2D eigenvalue weighted by molar-refractivity contribution is -0.150. The lowest BCUT2D eigenvalue weighted by atomic mass is 9.83. The third-order valence-corrected chi connectivity index (χ3v) is 8.37. The number of sulfone groups is 1. The fourth-order valence-electron chi connectivity index (χ4n) is 3.68. The second-order valence-electron chi connectivity index (χ2n) is 7.78. The van der Waals surface area contributed by atoms with Crippen LogP contribution in [-0.2, 0) is 24.8 Å². The summed E-state index contributed by atoms with van der Waals surface area (Å²) in [6, 6.07) is 11.5. The molecule has 1 heterocycles. The van der Waals surface area contributed by atoms with E-state index in [1.807, 2.05) is 0 Å². The van der Waals surface area contributed by atoms with Gasteiger partial charge in [0.2, 0.25) is 5.91 Å². The van der Waals surface area contributed by atoms with Crippen LogP contribution >= 0.6 is 23.2 Å². The second-order valence-corrected chi connectivity index (χ2v) is 10.8. The number of carbonyl (C=O) groups is 2. The van der Waals surface area contributed by atoms with Crippen LogP contribution in [0.5, 0.6) is 0 Å². The van der Waals surface area contributed by atoms with Crippen molar-refractivity contribution in [2.45, 2.75) is 41.9 Å². The van der Waals surface area contributed by atoms with Crippen molar-refractivity contribution >= 4 is 44.9 Å². The van der Waals surface area contributed by atoms with Crippen LogP contribution < -0.4 is 0 Å². The molecule has 0 spiro atoms. The predicted octanol–water partition coefficient (Wildman–Crippen LogP) is 3.80. The van der Waals surface area contributed by atoms with Crippen LogP contribution in [0, 0.1) is 0 Å². The summed E-state index contributed by atoms with van der Waals surface area (Å²) >= 11 is 12.0. The monoisotopic (exact) mass is 469 g/mol. The maximum absolute atomic E-state index is 13.4. The predicted molar refractivity (Wildman–Crippen MR) is 115 cm³/mol. The number of rotatable bonds is 5. The summed E-state index contributed by atoms with van der Waals surface area (Å²) in [5.74, 6) is -1.71. The zero-order valence-electron chi connectivity index (χ0n) is 16.4. The Bertz CT molecular complexity index is 1080. The van der Waals surface area contributed by atoms with E-state index in [0.717, 1.165) is 4.90 Å². The molecule has 0 radical (unpaired) electrons. The molecule has 9 heteroatoms. The molecule has 2 atom stereocenters. The Morgan fingerprint density at radius 2 is 1.67 bits per heavy atom. The van der Waals surface area contributed by atoms with Crippen molar-refractivity contribution in [3.05, 3.63) is 64.1 Å². The summed E-state index contributed by atoms with van der Waals surface area (Å²) < 4.78 is 26.2. The number of benzene rings is 2. The Labute approximate surface area is 185 Å². The largest absolute Gasteiger partial charge is 0.480 e. The molecule has 1 aliphatic rings. The number of carboxylic acid groups (broad SMARTS) is 1. The van der Waals surface area contributed by atoms with Crippen LogP contribution in [0.1, 0.15) is 25.8 Å². The molecule has 3 rings (SSSR count). The van der Waals surface area contributed by atoms with Gasteiger partial charge >= 0.3 is 5.97 Å². The highest BCUT2D eigenvalue weighted by molar-refractivity contribution is 7.92. The number of hydrogen-bond donors (Lipinski definition) is 1. The lowest BCUT2D eigenvalue weighted by Crippen LogP contribution is -2.48. The van der Waals surface area contributed by atoms with Gasteiger partial charge in [-0.05, 0) is 50.1 Å². The average Bonchev–Trinajstić information content (AvgIpc) is 3.14. The van der Waals surface area contributed by atoms with Crippen molar-refractivity contribution in [2.24, 2.45) is 0 Å². The van der Waals surface area contributed by atoms with E-state index in [9.17, 15) is 23.1 Å². The maximum atomic E-state index is 13.4. The van der Waals surface area contributed by atoms with E-state index in [1.54, 1.807) is 50.2 Å². The van der Waals surface area contributed by atoms with E-state index in [0.29, 0.717) is 10.6 Å². The first-order valence-corrected chi connectivity index (χ1v) is 11.5. The number of hydrogen-bond acceptors (Lipinski definition) is 4. The van der Waals surface area contributed by atoms with Crippen LogP contribution in [0.3, 0.4) is 0 Å². The molecule has 1 aliphatic heterocycles. The number of aliphatic carboxylic acids is 1. The molecule has 1 N–H and O–H groups in total. The van der Waals surface area contributed by atoms with Crippen LogP contribution in [0.15, 0.2) is 53.4 Å². The van der Waals surface area contributed by atoms with Crippen LogP contribution in [0.25, 0.3) is 0 Å². The molecule has 0 unspecified atom stereocenters. The summed E-state index contributed by atoms with van der Waals surface area (Å²) in [4.78, 5) is 26.3. The molecule has 1 fully saturated rings. The Hall–Kier alpha value is -2.09. The molecule has 30 heavy (non-hydrogen) atoms. The molecule has 1 saturated heterocycles. The molecule has 2 aromatic carbocycles. The summed E-state index contributed by atoms with van der Waals surface area (Å²) in [5.41, 5.74) is -0.417. The van der Waals surface area contributed by atoms with E-state index < -0.39 is 38.4 Å². The maximum Gasteiger partial charge on any atom is 0.326 e. The molecular formula is C21H21Cl2NO5S. The van der Waals surface area contributed by atoms with Gasteiger partial charge in [-0.1, -0.05) is 47.5 Å². The van der Waals surface area contributed by atoms with Crippen LogP contribution in [-0.4, -0.2) is 48.1 Å². The topological polar surface area (TPSA) is 91.8 Å². The summed E-state index contributed by atoms with van der Waals surface area (Å²) in [6.07, 6.45) is -0.203. The molecule has 2 aromatic rings. The van der Waals surface area contributed by atoms with Gasteiger partial charge in [-0.2, -0.15) is 0 Å². The summed E-state index contributed by atoms with van der Waals surface area (Å²) in [5, 5.41) is 9.19. The average molecular weight is 470 g/mol. The highest BCUT2D eigenvalue weighted by atomic mass is 35.5. The normalized spacial score (nSPS) is 19.7. The first-order valence-electron chi connectivity index (χ1n) is 9.24. The second kappa shape index (κ2) is 8.21. The molecule has 0 bridgehead atoms. The number of amides is 1. The molecule has 160 valence electrons. The van der Waals surface area contributed by atoms with Gasteiger partial charge in [0, 0.05) is 11.6 Å². The van der Waals surface area contributed by atoms with E-state index in [4.69, 9.17) is 23.2 Å². The van der Waals surface area contributed by atoms with Crippen molar-refractivity contribution < 1.29 is 23.1 Å². The third-order valence-electron chi connectivity index (χ3n) is 5.49. The van der Waals surface area contributed by atoms with Gasteiger partial charge < -0.3 is 10.0 Å². The van der Waals surface area contributed by atoms with E-state index >= 15 is 0 Å². The highest BCUT2D eigenvalue weighted by Gasteiger charge is 2.49. The number of carbonyl (C=O) groups excluding carboxylic acids is 1. The Morgan fingerprint density at radius 3 is 2.23 bits per heavy atom. The fourth-order valence-corrected chi connectivity index (χ4v) is 6.03. The van der Waals surface area contributed by atoms with Crippen LogP contribution in [0.4, 0.5) is 0 Å². The first kappa shape index (κ1) is 22.6. The molecule has 6 nitrogen and oxygen atoms in total. The third kappa shape index (κ3) is 4.06. The standard InChI is InChI=1S/C21H21Cl2NO5S/c1-21(2,13-7-9-14(22)10-8-13)20(27)24-12-15(11-17(24)19(25)26)30(28,29)18-6-4-3-5-16(18)23/h3-10,15,17H,11-12H2,1-2H3,(H,25,26)/t15-,17+/m1/s1. The Balaban J connectivity index is 1.95.